The van der Waals surface area contributed by atoms with Gasteiger partial charge in [0.25, 0.3) is 0 Å². The van der Waals surface area contributed by atoms with Gasteiger partial charge in [0.1, 0.15) is 17.2 Å². The third kappa shape index (κ3) is 4.94. The molecule has 0 saturated heterocycles. The Balaban J connectivity index is 2.38. The number of hydrogen-bond donors (Lipinski definition) is 1. The van der Waals surface area contributed by atoms with E-state index < -0.39 is 0 Å². The van der Waals surface area contributed by atoms with Gasteiger partial charge in [-0.25, -0.2) is 0 Å². The zero-order chi connectivity index (χ0) is 19.1. The molecule has 0 fully saturated rings. The van der Waals surface area contributed by atoms with Crippen molar-refractivity contribution in [3.63, 3.8) is 0 Å². The van der Waals surface area contributed by atoms with Crippen LogP contribution in [0.1, 0.15) is 31.9 Å². The van der Waals surface area contributed by atoms with Gasteiger partial charge in [-0.05, 0) is 55.2 Å². The van der Waals surface area contributed by atoms with E-state index in [0.717, 1.165) is 29.2 Å². The zero-order valence-electron chi connectivity index (χ0n) is 16.3. The molecule has 0 spiro atoms. The predicted octanol–water partition coefficient (Wildman–Crippen LogP) is 4.97. The summed E-state index contributed by atoms with van der Waals surface area (Å²) in [5.41, 5.74) is 10.1. The van der Waals surface area contributed by atoms with Gasteiger partial charge in [-0.1, -0.05) is 31.6 Å². The number of anilines is 1. The number of nitrogens with two attached hydrogens (primary N) is 1. The number of ether oxygens (including phenoxy) is 3. The Bertz CT molecular complexity index is 766. The van der Waals surface area contributed by atoms with Gasteiger partial charge < -0.3 is 19.9 Å². The highest BCUT2D eigenvalue weighted by Gasteiger charge is 2.10. The molecule has 26 heavy (non-hydrogen) atoms. The van der Waals surface area contributed by atoms with Gasteiger partial charge in [0.05, 0.1) is 26.5 Å². The Morgan fingerprint density at radius 2 is 1.81 bits per heavy atom. The van der Waals surface area contributed by atoms with Gasteiger partial charge in [0.2, 0.25) is 0 Å². The summed E-state index contributed by atoms with van der Waals surface area (Å²) >= 11 is 0. The average molecular weight is 355 g/mol. The van der Waals surface area contributed by atoms with Crippen LogP contribution in [-0.4, -0.2) is 20.8 Å². The molecule has 0 amide bonds. The second-order valence-electron chi connectivity index (χ2n) is 6.46. The summed E-state index contributed by atoms with van der Waals surface area (Å²) in [6, 6.07) is 11.8. The van der Waals surface area contributed by atoms with E-state index in [0.29, 0.717) is 18.2 Å². The van der Waals surface area contributed by atoms with Gasteiger partial charge >= 0.3 is 0 Å². The van der Waals surface area contributed by atoms with E-state index in [1.165, 1.54) is 11.1 Å². The van der Waals surface area contributed by atoms with Gasteiger partial charge in [-0.3, -0.25) is 0 Å². The molecule has 0 aromatic heterocycles. The molecule has 0 aliphatic carbocycles. The lowest BCUT2D eigenvalue weighted by atomic mass is 9.93. The fraction of sp³-hybridized carbons (Fsp3) is 0.364. The summed E-state index contributed by atoms with van der Waals surface area (Å²) in [6.07, 6.45) is 3.00. The smallest absolute Gasteiger partial charge is 0.142 e. The van der Waals surface area contributed by atoms with Crippen LogP contribution < -0.4 is 19.9 Å². The molecule has 0 unspecified atom stereocenters. The molecule has 2 rings (SSSR count). The summed E-state index contributed by atoms with van der Waals surface area (Å²) in [5.74, 6) is 2.77. The van der Waals surface area contributed by atoms with Crippen LogP contribution in [0.25, 0.3) is 6.08 Å². The molecule has 4 heteroatoms. The van der Waals surface area contributed by atoms with Crippen molar-refractivity contribution in [2.45, 2.75) is 27.2 Å². The van der Waals surface area contributed by atoms with Gasteiger partial charge in [0.15, 0.2) is 0 Å². The first-order valence-corrected chi connectivity index (χ1v) is 8.92. The van der Waals surface area contributed by atoms with Crippen molar-refractivity contribution in [1.82, 2.24) is 0 Å². The molecular weight excluding hydrogens is 326 g/mol. The van der Waals surface area contributed by atoms with E-state index in [2.05, 4.69) is 26.0 Å². The number of nitrogen functional groups attached to an aromatic ring is 1. The topological polar surface area (TPSA) is 53.7 Å². The summed E-state index contributed by atoms with van der Waals surface area (Å²) < 4.78 is 16.5. The van der Waals surface area contributed by atoms with Crippen LogP contribution in [0.15, 0.2) is 42.0 Å². The molecule has 4 nitrogen and oxygen atoms in total. The molecular formula is C22H29NO3. The lowest BCUT2D eigenvalue weighted by molar-refractivity contribution is 0.342. The van der Waals surface area contributed by atoms with Gasteiger partial charge in [-0.15, -0.1) is 0 Å². The lowest BCUT2D eigenvalue weighted by Crippen LogP contribution is -2.02. The van der Waals surface area contributed by atoms with Crippen molar-refractivity contribution in [3.8, 4) is 17.2 Å². The van der Waals surface area contributed by atoms with Gasteiger partial charge in [-0.2, -0.15) is 0 Å². The maximum atomic E-state index is 5.99. The first kappa shape index (κ1) is 19.7. The summed E-state index contributed by atoms with van der Waals surface area (Å²) in [5, 5.41) is 0. The minimum absolute atomic E-state index is 0.388. The van der Waals surface area contributed by atoms with Crippen molar-refractivity contribution in [2.75, 3.05) is 26.6 Å². The molecule has 0 aliphatic heterocycles. The minimum Gasteiger partial charge on any atom is -0.497 e. The number of allylic oxidation sites excluding steroid dienone is 1. The van der Waals surface area contributed by atoms with E-state index in [9.17, 15) is 0 Å². The van der Waals surface area contributed by atoms with Crippen molar-refractivity contribution in [2.24, 2.45) is 5.92 Å². The third-order valence-corrected chi connectivity index (χ3v) is 4.31. The van der Waals surface area contributed by atoms with Crippen molar-refractivity contribution in [1.29, 1.82) is 0 Å². The number of methoxy groups -OCH3 is 2. The normalized spacial score (nSPS) is 11.5. The van der Waals surface area contributed by atoms with Crippen LogP contribution in [0.3, 0.4) is 0 Å². The predicted molar refractivity (Wildman–Crippen MR) is 108 cm³/mol. The van der Waals surface area contributed by atoms with Crippen LogP contribution in [-0.2, 0) is 6.42 Å². The molecule has 0 aliphatic rings. The maximum Gasteiger partial charge on any atom is 0.142 e. The van der Waals surface area contributed by atoms with Crippen LogP contribution in [0.2, 0.25) is 0 Å². The molecule has 0 heterocycles. The minimum atomic E-state index is 0.388. The lowest BCUT2D eigenvalue weighted by Gasteiger charge is -2.15. The van der Waals surface area contributed by atoms with Gasteiger partial charge in [0, 0.05) is 5.56 Å². The highest BCUT2D eigenvalue weighted by Crippen LogP contribution is 2.30. The van der Waals surface area contributed by atoms with Crippen LogP contribution in [0.4, 0.5) is 5.69 Å². The third-order valence-electron chi connectivity index (χ3n) is 4.31. The molecule has 0 atom stereocenters. The van der Waals surface area contributed by atoms with E-state index in [1.807, 2.05) is 37.3 Å². The molecule has 0 bridgehead atoms. The van der Waals surface area contributed by atoms with Crippen LogP contribution in [0.5, 0.6) is 17.2 Å². The fourth-order valence-corrected chi connectivity index (χ4v) is 2.78. The first-order chi connectivity index (χ1) is 12.5. The van der Waals surface area contributed by atoms with E-state index in [-0.39, 0.29) is 0 Å². The molecule has 140 valence electrons. The number of benzene rings is 2. The number of rotatable bonds is 8. The molecule has 2 aromatic carbocycles. The van der Waals surface area contributed by atoms with Crippen molar-refractivity contribution >= 4 is 11.8 Å². The fourth-order valence-electron chi connectivity index (χ4n) is 2.78. The largest absolute Gasteiger partial charge is 0.497 e. The highest BCUT2D eigenvalue weighted by molar-refractivity contribution is 5.63. The Morgan fingerprint density at radius 1 is 1.04 bits per heavy atom. The number of hydrogen-bond acceptors (Lipinski definition) is 4. The molecule has 0 saturated carbocycles. The van der Waals surface area contributed by atoms with Crippen molar-refractivity contribution < 1.29 is 14.2 Å². The Labute approximate surface area is 156 Å². The molecule has 2 N–H and O–H groups in total. The standard InChI is InChI=1S/C22H29NO3/c1-6-26-22-12-16(7-9-20(22)23)11-17(15(2)3)13-18-14-19(24-4)8-10-21(18)25-5/h7-10,12-15H,6,11,23H2,1-5H3/b17-13+. The molecule has 2 aromatic rings. The Kier molecular flexibility index (Phi) is 6.96. The van der Waals surface area contributed by atoms with E-state index in [1.54, 1.807) is 14.2 Å². The highest BCUT2D eigenvalue weighted by atomic mass is 16.5. The average Bonchev–Trinajstić information content (AvgIpc) is 2.63. The molecule has 0 radical (unpaired) electrons. The summed E-state index contributed by atoms with van der Waals surface area (Å²) in [4.78, 5) is 0. The Hall–Kier alpha value is -2.62. The summed E-state index contributed by atoms with van der Waals surface area (Å²) in [6.45, 7) is 6.95. The SMILES string of the molecule is CCOc1cc(C/C(=C\c2cc(OC)ccc2OC)C(C)C)ccc1N. The van der Waals surface area contributed by atoms with E-state index >= 15 is 0 Å². The second-order valence-corrected chi connectivity index (χ2v) is 6.46. The summed E-state index contributed by atoms with van der Waals surface area (Å²) in [7, 11) is 3.35. The first-order valence-electron chi connectivity index (χ1n) is 8.92. The quantitative estimate of drug-likeness (QED) is 0.680. The maximum absolute atomic E-state index is 5.99. The monoisotopic (exact) mass is 355 g/mol. The van der Waals surface area contributed by atoms with Crippen LogP contribution in [0, 0.1) is 5.92 Å². The zero-order valence-corrected chi connectivity index (χ0v) is 16.3. The second kappa shape index (κ2) is 9.18. The van der Waals surface area contributed by atoms with E-state index in [4.69, 9.17) is 19.9 Å². The van der Waals surface area contributed by atoms with Crippen molar-refractivity contribution in [3.05, 3.63) is 53.1 Å². The Morgan fingerprint density at radius 3 is 2.42 bits per heavy atom. The van der Waals surface area contributed by atoms with Crippen LogP contribution >= 0.6 is 0 Å².